The largest absolute Gasteiger partial charge is 0.748 e. The maximum atomic E-state index is 10.7. The van der Waals surface area contributed by atoms with Gasteiger partial charge in [0.25, 0.3) is 0 Å². The van der Waals surface area contributed by atoms with Crippen molar-refractivity contribution in [3.63, 3.8) is 0 Å². The molecule has 0 saturated carbocycles. The van der Waals surface area contributed by atoms with Crippen LogP contribution in [0.5, 0.6) is 0 Å². The first kappa shape index (κ1) is 23.5. The molecule has 0 aromatic carbocycles. The third-order valence-corrected chi connectivity index (χ3v) is 3.67. The minimum absolute atomic E-state index is 0.0417. The van der Waals surface area contributed by atoms with Gasteiger partial charge in [-0.15, -0.1) is 0 Å². The lowest BCUT2D eigenvalue weighted by Crippen LogP contribution is -2.54. The molecule has 0 bridgehead atoms. The Hall–Kier alpha value is -0.740. The average Bonchev–Trinajstić information content (AvgIpc) is 2.19. The Morgan fingerprint density at radius 3 is 1.82 bits per heavy atom. The van der Waals surface area contributed by atoms with Crippen molar-refractivity contribution in [2.45, 2.75) is 32.2 Å². The van der Waals surface area contributed by atoms with Gasteiger partial charge in [-0.3, -0.25) is 4.59 Å². The molecule has 0 spiro atoms. The number of aliphatic carboxylic acids is 1. The Morgan fingerprint density at radius 1 is 1.18 bits per heavy atom. The van der Waals surface area contributed by atoms with Crippen LogP contribution in [-0.4, -0.2) is 81.6 Å². The highest BCUT2D eigenvalue weighted by molar-refractivity contribution is 7.85. The first-order chi connectivity index (χ1) is 9.60. The number of hydrogen-bond donors (Lipinski definition) is 1. The second-order valence-corrected chi connectivity index (χ2v) is 8.38. The molecule has 134 valence electrons. The van der Waals surface area contributed by atoms with Crippen LogP contribution in [0.25, 0.3) is 0 Å². The lowest BCUT2D eigenvalue weighted by Gasteiger charge is -2.34. The van der Waals surface area contributed by atoms with Gasteiger partial charge in [0.05, 0.1) is 57.9 Å². The predicted octanol–water partition coefficient (Wildman–Crippen LogP) is -1.52. The van der Waals surface area contributed by atoms with Crippen molar-refractivity contribution in [3.8, 4) is 0 Å². The van der Waals surface area contributed by atoms with Gasteiger partial charge in [-0.05, 0) is 12.8 Å². The topological polar surface area (TPSA) is 123 Å². The van der Waals surface area contributed by atoms with Crippen LogP contribution in [0, 0.1) is 0 Å². The lowest BCUT2D eigenvalue weighted by atomic mass is 10.1. The molecule has 0 rings (SSSR count). The summed E-state index contributed by atoms with van der Waals surface area (Å²) in [7, 11) is 4.74. The van der Waals surface area contributed by atoms with Crippen molar-refractivity contribution >= 4 is 16.1 Å². The van der Waals surface area contributed by atoms with Crippen molar-refractivity contribution in [3.05, 3.63) is 0 Å². The summed E-state index contributed by atoms with van der Waals surface area (Å²) in [6, 6.07) is -0.799. The molecule has 8 nitrogen and oxygen atoms in total. The van der Waals surface area contributed by atoms with Crippen molar-refractivity contribution in [1.82, 2.24) is 0 Å². The minimum atomic E-state index is -4.26. The fourth-order valence-corrected chi connectivity index (χ4v) is 2.37. The zero-order valence-corrected chi connectivity index (χ0v) is 15.4. The molecule has 0 aliphatic rings. The summed E-state index contributed by atoms with van der Waals surface area (Å²) in [4.78, 5) is 10.7. The molecule has 0 aliphatic carbocycles. The van der Waals surface area contributed by atoms with E-state index in [2.05, 4.69) is 6.92 Å². The number of quaternary nitrogens is 2. The van der Waals surface area contributed by atoms with Crippen molar-refractivity contribution in [2.75, 3.05) is 47.5 Å². The monoisotopic (exact) mass is 341 g/mol. The second-order valence-electron chi connectivity index (χ2n) is 6.86. The van der Waals surface area contributed by atoms with E-state index in [4.69, 9.17) is 5.84 Å². The molecule has 0 amide bonds. The Kier molecular flexibility index (Phi) is 10.1. The van der Waals surface area contributed by atoms with Gasteiger partial charge in [0.15, 0.2) is 0 Å². The number of likely N-dealkylation sites (N-methyl/N-ethyl adjacent to an activating group) is 1. The molecule has 0 aromatic rings. The SMILES string of the molecule is CCC[N+](C)(C)N.C[N+](C)(C)C(CCCS(=O)(=O)[O-])C(=O)[O-]. The van der Waals surface area contributed by atoms with Crippen LogP contribution in [0.15, 0.2) is 0 Å². The molecule has 0 saturated heterocycles. The van der Waals surface area contributed by atoms with Crippen LogP contribution in [0.4, 0.5) is 0 Å². The molecule has 0 aromatic heterocycles. The summed E-state index contributed by atoms with van der Waals surface area (Å²) in [5.74, 6) is 3.82. The van der Waals surface area contributed by atoms with Crippen LogP contribution in [0.2, 0.25) is 0 Å². The van der Waals surface area contributed by atoms with Gasteiger partial charge in [-0.25, -0.2) is 8.42 Å². The Labute approximate surface area is 134 Å². The van der Waals surface area contributed by atoms with Crippen LogP contribution in [0.1, 0.15) is 26.2 Å². The van der Waals surface area contributed by atoms with Gasteiger partial charge in [-0.2, -0.15) is 5.84 Å². The molecule has 0 radical (unpaired) electrons. The maximum Gasteiger partial charge on any atom is 0.129 e. The van der Waals surface area contributed by atoms with E-state index in [0.717, 1.165) is 13.0 Å². The Morgan fingerprint density at radius 2 is 1.64 bits per heavy atom. The molecule has 9 heteroatoms. The van der Waals surface area contributed by atoms with Crippen molar-refractivity contribution < 1.29 is 31.9 Å². The highest BCUT2D eigenvalue weighted by Gasteiger charge is 2.24. The standard InChI is InChI=1S/C8H17NO5S.C5H15N2/c1-9(2,3)7(8(10)11)5-4-6-15(12,13)14;1-4-5-7(2,3)6/h7H,4-6H2,1-3H3,(H-,10,11,12,13,14);4-6H2,1-3H3/q;+1/p-1. The van der Waals surface area contributed by atoms with E-state index < -0.39 is 27.9 Å². The van der Waals surface area contributed by atoms with Crippen LogP contribution in [-0.2, 0) is 14.9 Å². The number of rotatable bonds is 8. The second kappa shape index (κ2) is 9.41. The Balaban J connectivity index is 0. The van der Waals surface area contributed by atoms with Crippen LogP contribution >= 0.6 is 0 Å². The predicted molar refractivity (Wildman–Crippen MR) is 82.1 cm³/mol. The first-order valence-corrected chi connectivity index (χ1v) is 8.75. The number of carbonyl (C=O) groups is 1. The van der Waals surface area contributed by atoms with E-state index in [1.54, 1.807) is 21.1 Å². The van der Waals surface area contributed by atoms with Gasteiger partial charge < -0.3 is 18.9 Å². The highest BCUT2D eigenvalue weighted by Crippen LogP contribution is 2.10. The summed E-state index contributed by atoms with van der Waals surface area (Å²) in [6.45, 7) is 3.19. The van der Waals surface area contributed by atoms with Gasteiger partial charge in [-0.1, -0.05) is 6.92 Å². The summed E-state index contributed by atoms with van der Waals surface area (Å²) in [5, 5.41) is 10.7. The molecule has 0 fully saturated rings. The molecule has 1 unspecified atom stereocenters. The third kappa shape index (κ3) is 15.6. The number of nitrogens with two attached hydrogens (primary N) is 1. The molecular weight excluding hydrogens is 310 g/mol. The normalized spacial score (nSPS) is 14.0. The summed E-state index contributed by atoms with van der Waals surface area (Å²) < 4.78 is 31.7. The van der Waals surface area contributed by atoms with Gasteiger partial charge in [0.2, 0.25) is 0 Å². The van der Waals surface area contributed by atoms with E-state index in [0.29, 0.717) is 4.59 Å². The fraction of sp³-hybridized carbons (Fsp3) is 0.923. The van der Waals surface area contributed by atoms with E-state index in [9.17, 15) is 22.9 Å². The number of carbonyl (C=O) groups excluding carboxylic acids is 1. The highest BCUT2D eigenvalue weighted by atomic mass is 32.2. The van der Waals surface area contributed by atoms with Gasteiger partial charge in [0, 0.05) is 12.2 Å². The first-order valence-electron chi connectivity index (χ1n) is 7.17. The zero-order chi connectivity index (χ0) is 18.2. The number of hydrogen-bond acceptors (Lipinski definition) is 6. The average molecular weight is 341 g/mol. The summed E-state index contributed by atoms with van der Waals surface area (Å²) in [5.41, 5.74) is 0. The molecular formula is C13H31N3O5S. The fourth-order valence-electron chi connectivity index (χ4n) is 1.85. The van der Waals surface area contributed by atoms with Crippen LogP contribution in [0.3, 0.4) is 0 Å². The third-order valence-electron chi connectivity index (χ3n) is 2.88. The van der Waals surface area contributed by atoms with E-state index >= 15 is 0 Å². The van der Waals surface area contributed by atoms with E-state index in [-0.39, 0.29) is 17.3 Å². The smallest absolute Gasteiger partial charge is 0.129 e. The van der Waals surface area contributed by atoms with Gasteiger partial charge in [0.1, 0.15) is 6.04 Å². The quantitative estimate of drug-likeness (QED) is 0.248. The van der Waals surface area contributed by atoms with E-state index in [1.807, 2.05) is 14.1 Å². The van der Waals surface area contributed by atoms with Crippen molar-refractivity contribution in [1.29, 1.82) is 0 Å². The molecule has 0 aliphatic heterocycles. The molecule has 0 heterocycles. The number of carboxylic acid groups (broad SMARTS) is 1. The molecule has 22 heavy (non-hydrogen) atoms. The lowest BCUT2D eigenvalue weighted by molar-refractivity contribution is -0.902. The summed E-state index contributed by atoms with van der Waals surface area (Å²) >= 11 is 0. The Bertz CT molecular complexity index is 424. The van der Waals surface area contributed by atoms with Crippen LogP contribution < -0.4 is 10.9 Å². The van der Waals surface area contributed by atoms with E-state index in [1.165, 1.54) is 0 Å². The maximum absolute atomic E-state index is 10.7. The minimum Gasteiger partial charge on any atom is -0.748 e. The molecule has 2 N–H and O–H groups in total. The van der Waals surface area contributed by atoms with Gasteiger partial charge >= 0.3 is 0 Å². The number of carboxylic acids is 1. The number of nitrogens with zero attached hydrogens (tertiary/aromatic N) is 2. The summed E-state index contributed by atoms with van der Waals surface area (Å²) in [6.07, 6.45) is 1.32. The zero-order valence-electron chi connectivity index (χ0n) is 14.5. The molecule has 1 atom stereocenters. The van der Waals surface area contributed by atoms with Crippen molar-refractivity contribution in [2.24, 2.45) is 5.84 Å².